The second kappa shape index (κ2) is 9.99. The number of nitrogens with zero attached hydrogens (tertiary/aromatic N) is 4. The molecule has 0 spiro atoms. The van der Waals surface area contributed by atoms with E-state index in [2.05, 4.69) is 36.6 Å². The van der Waals surface area contributed by atoms with Crippen LogP contribution >= 0.6 is 15.9 Å². The molecule has 1 aromatic heterocycles. The molecule has 2 amide bonds. The van der Waals surface area contributed by atoms with Crippen LogP contribution in [0.25, 0.3) is 11.4 Å². The number of rotatable bonds is 7. The fourth-order valence-electron chi connectivity index (χ4n) is 3.16. The number of hydrogen-bond acceptors (Lipinski definition) is 7. The molecule has 0 saturated heterocycles. The van der Waals surface area contributed by atoms with Crippen LogP contribution in [0.5, 0.6) is 5.75 Å². The molecule has 3 rings (SSSR count). The summed E-state index contributed by atoms with van der Waals surface area (Å²) in [4.78, 5) is 27.0. The van der Waals surface area contributed by atoms with E-state index in [-0.39, 0.29) is 6.42 Å². The summed E-state index contributed by atoms with van der Waals surface area (Å²) in [7, 11) is 1.56. The highest BCUT2D eigenvalue weighted by Gasteiger charge is 2.33. The summed E-state index contributed by atoms with van der Waals surface area (Å²) >= 11 is 3.45. The van der Waals surface area contributed by atoms with Crippen LogP contribution in [0.15, 0.2) is 46.9 Å². The summed E-state index contributed by atoms with van der Waals surface area (Å²) in [6.07, 6.45) is -0.518. The van der Waals surface area contributed by atoms with Gasteiger partial charge in [0.15, 0.2) is 0 Å². The first-order valence-electron chi connectivity index (χ1n) is 10.1. The van der Waals surface area contributed by atoms with Crippen molar-refractivity contribution in [3.63, 3.8) is 0 Å². The first-order valence-corrected chi connectivity index (χ1v) is 10.9. The summed E-state index contributed by atoms with van der Waals surface area (Å²) in [5.74, 6) is 0.380. The Kier molecular flexibility index (Phi) is 7.32. The van der Waals surface area contributed by atoms with Gasteiger partial charge >= 0.3 is 6.09 Å². The molecule has 0 fully saturated rings. The zero-order chi connectivity index (χ0) is 24.2. The minimum Gasteiger partial charge on any atom is -0.496 e. The minimum absolute atomic E-state index is 0.170. The van der Waals surface area contributed by atoms with E-state index >= 15 is 0 Å². The molecule has 1 heterocycles. The van der Waals surface area contributed by atoms with Gasteiger partial charge in [-0.3, -0.25) is 9.69 Å². The lowest BCUT2D eigenvalue weighted by molar-refractivity contribution is -0.119. The molecule has 3 N–H and O–H groups in total. The van der Waals surface area contributed by atoms with Gasteiger partial charge in [0.25, 0.3) is 0 Å². The number of primary amides is 1. The molecule has 0 aliphatic rings. The second-order valence-corrected chi connectivity index (χ2v) is 9.08. The van der Waals surface area contributed by atoms with Gasteiger partial charge < -0.3 is 15.2 Å². The number of H-pyrrole nitrogens is 1. The molecule has 0 aliphatic carbocycles. The van der Waals surface area contributed by atoms with Gasteiger partial charge in [0.05, 0.1) is 11.6 Å². The van der Waals surface area contributed by atoms with Gasteiger partial charge in [0, 0.05) is 17.7 Å². The van der Waals surface area contributed by atoms with Crippen LogP contribution in [0.1, 0.15) is 26.3 Å². The molecular weight excluding hydrogens is 492 g/mol. The third-order valence-corrected chi connectivity index (χ3v) is 5.24. The zero-order valence-electron chi connectivity index (χ0n) is 18.7. The molecule has 0 unspecified atom stereocenters. The van der Waals surface area contributed by atoms with E-state index in [1.165, 1.54) is 4.90 Å². The fourth-order valence-corrected chi connectivity index (χ4v) is 3.75. The van der Waals surface area contributed by atoms with Crippen molar-refractivity contribution >= 4 is 33.6 Å². The number of benzene rings is 2. The number of anilines is 1. The first-order chi connectivity index (χ1) is 15.6. The molecule has 0 radical (unpaired) electrons. The Balaban J connectivity index is 1.99. The summed E-state index contributed by atoms with van der Waals surface area (Å²) in [6, 6.07) is 11.2. The van der Waals surface area contributed by atoms with Crippen LogP contribution < -0.4 is 15.4 Å². The van der Waals surface area contributed by atoms with E-state index in [0.29, 0.717) is 22.8 Å². The third kappa shape index (κ3) is 6.07. The molecule has 33 heavy (non-hydrogen) atoms. The number of methoxy groups -OCH3 is 1. The Hall–Kier alpha value is -3.47. The highest BCUT2D eigenvalue weighted by molar-refractivity contribution is 9.10. The largest absolute Gasteiger partial charge is 0.496 e. The number of hydrogen-bond donors (Lipinski definition) is 2. The topological polar surface area (TPSA) is 136 Å². The molecule has 0 saturated carbocycles. The average Bonchev–Trinajstić information content (AvgIpc) is 3.27. The van der Waals surface area contributed by atoms with Crippen molar-refractivity contribution in [1.82, 2.24) is 20.6 Å². The molecule has 1 atom stereocenters. The van der Waals surface area contributed by atoms with Crippen molar-refractivity contribution < 1.29 is 19.1 Å². The Bertz CT molecular complexity index is 1110. The fraction of sp³-hybridized carbons (Fsp3) is 0.318. The monoisotopic (exact) mass is 516 g/mol. The number of halogens is 1. The Morgan fingerprint density at radius 2 is 1.88 bits per heavy atom. The quantitative estimate of drug-likeness (QED) is 0.490. The lowest BCUT2D eigenvalue weighted by Crippen LogP contribution is -2.51. The van der Waals surface area contributed by atoms with Crippen molar-refractivity contribution in [2.75, 3.05) is 12.0 Å². The molecular formula is C22H25BrN6O4. The smallest absolute Gasteiger partial charge is 0.415 e. The lowest BCUT2D eigenvalue weighted by atomic mass is 10.0. The van der Waals surface area contributed by atoms with Gasteiger partial charge in [0.2, 0.25) is 11.7 Å². The maximum atomic E-state index is 13.2. The normalized spacial score (nSPS) is 12.2. The van der Waals surface area contributed by atoms with Crippen LogP contribution in [0.2, 0.25) is 0 Å². The van der Waals surface area contributed by atoms with E-state index in [1.807, 2.05) is 12.1 Å². The Morgan fingerprint density at radius 1 is 1.18 bits per heavy atom. The number of aromatic amines is 1. The highest BCUT2D eigenvalue weighted by atomic mass is 79.9. The third-order valence-electron chi connectivity index (χ3n) is 4.62. The van der Waals surface area contributed by atoms with Crippen LogP contribution in [0.3, 0.4) is 0 Å². The predicted octanol–water partition coefficient (Wildman–Crippen LogP) is 3.48. The van der Waals surface area contributed by atoms with E-state index in [4.69, 9.17) is 15.2 Å². The first kappa shape index (κ1) is 24.2. The summed E-state index contributed by atoms with van der Waals surface area (Å²) in [5, 5.41) is 13.8. The van der Waals surface area contributed by atoms with Gasteiger partial charge in [-0.05, 0) is 83.9 Å². The van der Waals surface area contributed by atoms with Crippen molar-refractivity contribution in [2.24, 2.45) is 5.73 Å². The number of amides is 2. The number of aromatic nitrogens is 4. The maximum absolute atomic E-state index is 13.2. The summed E-state index contributed by atoms with van der Waals surface area (Å²) < 4.78 is 11.6. The maximum Gasteiger partial charge on any atom is 0.415 e. The number of carbonyl (C=O) groups is 2. The van der Waals surface area contributed by atoms with Crippen molar-refractivity contribution in [1.29, 1.82) is 0 Å². The van der Waals surface area contributed by atoms with E-state index < -0.39 is 23.6 Å². The van der Waals surface area contributed by atoms with Crippen LogP contribution in [-0.4, -0.2) is 51.4 Å². The number of nitrogens with one attached hydrogen (secondary N) is 1. The van der Waals surface area contributed by atoms with Gasteiger partial charge in [-0.2, -0.15) is 5.21 Å². The van der Waals surface area contributed by atoms with Crippen molar-refractivity contribution in [3.05, 3.63) is 52.5 Å². The van der Waals surface area contributed by atoms with Crippen molar-refractivity contribution in [3.8, 4) is 17.1 Å². The number of nitrogens with two attached hydrogens (primary N) is 1. The molecule has 0 bridgehead atoms. The number of tetrazole rings is 1. The molecule has 2 aromatic carbocycles. The molecule has 11 heteroatoms. The Morgan fingerprint density at radius 3 is 2.39 bits per heavy atom. The summed E-state index contributed by atoms with van der Waals surface area (Å²) in [5.41, 5.74) is 6.90. The van der Waals surface area contributed by atoms with Crippen molar-refractivity contribution in [2.45, 2.75) is 38.8 Å². The van der Waals surface area contributed by atoms with E-state index in [0.717, 1.165) is 10.0 Å². The summed E-state index contributed by atoms with van der Waals surface area (Å²) in [6.45, 7) is 5.26. The predicted molar refractivity (Wildman–Crippen MR) is 126 cm³/mol. The van der Waals surface area contributed by atoms with E-state index in [1.54, 1.807) is 58.2 Å². The second-order valence-electron chi connectivity index (χ2n) is 8.22. The van der Waals surface area contributed by atoms with Crippen LogP contribution in [0.4, 0.5) is 10.5 Å². The number of ether oxygens (including phenoxy) is 2. The molecule has 3 aromatic rings. The van der Waals surface area contributed by atoms with Gasteiger partial charge in [-0.25, -0.2) is 4.79 Å². The van der Waals surface area contributed by atoms with Crippen LogP contribution in [-0.2, 0) is 16.0 Å². The number of carbonyl (C=O) groups excluding carboxylic acids is 2. The average molecular weight is 517 g/mol. The van der Waals surface area contributed by atoms with Gasteiger partial charge in [-0.1, -0.05) is 6.07 Å². The van der Waals surface area contributed by atoms with E-state index in [9.17, 15) is 9.59 Å². The molecule has 10 nitrogen and oxygen atoms in total. The zero-order valence-corrected chi connectivity index (χ0v) is 20.3. The highest BCUT2D eigenvalue weighted by Crippen LogP contribution is 2.29. The van der Waals surface area contributed by atoms with Crippen LogP contribution in [0, 0.1) is 0 Å². The Labute approximate surface area is 199 Å². The SMILES string of the molecule is COc1ccc(C[C@@H](C(N)=O)N(C(=O)OC(C)(C)C)c2ccc(-c3nn[nH]n3)cc2)cc1Br. The minimum atomic E-state index is -1.00. The molecule has 174 valence electrons. The van der Waals surface area contributed by atoms with Gasteiger partial charge in [-0.15, -0.1) is 10.2 Å². The van der Waals surface area contributed by atoms with Gasteiger partial charge in [0.1, 0.15) is 17.4 Å². The molecule has 0 aliphatic heterocycles. The lowest BCUT2D eigenvalue weighted by Gasteiger charge is -2.32. The standard InChI is InChI=1S/C22H25BrN6O4/c1-22(2,3)33-21(31)29(15-8-6-14(7-9-15)20-25-27-28-26-20)17(19(24)30)12-13-5-10-18(32-4)16(23)11-13/h5-11,17H,12H2,1-4H3,(H2,24,30)(H,25,26,27,28)/t17-/m0/s1.